The van der Waals surface area contributed by atoms with Crippen LogP contribution in [-0.2, 0) is 9.53 Å². The molecule has 43 heavy (non-hydrogen) atoms. The van der Waals surface area contributed by atoms with Crippen molar-refractivity contribution in [3.05, 3.63) is 83.3 Å². The summed E-state index contributed by atoms with van der Waals surface area (Å²) in [5.41, 5.74) is 4.03. The average Bonchev–Trinajstić information content (AvgIpc) is 3.04. The van der Waals surface area contributed by atoms with Gasteiger partial charge in [-0.1, -0.05) is 35.8 Å². The van der Waals surface area contributed by atoms with Gasteiger partial charge in [-0.2, -0.15) is 0 Å². The van der Waals surface area contributed by atoms with Crippen LogP contribution in [0.3, 0.4) is 0 Å². The molecule has 4 aromatic rings. The molecule has 222 valence electrons. The standard InChI is InChI=1S/C31H30Cl2N6O4/c1-4-27(40)38-23-14-19(18-9-12-43-13-10-18)7-8-21(23)37-26-15-22(35-17-36-26)20-6-5-11-34-31(20)39-30-28(32)24(41-2)16-25(42-3)29(30)33/h4-8,11,14-18H,1,9-10,12-13H2,2-3H3,(H,34,39)(H,38,40)(H,35,36,37). The Morgan fingerprint density at radius 3 is 2.42 bits per heavy atom. The average molecular weight is 622 g/mol. The highest BCUT2D eigenvalue weighted by Gasteiger charge is 2.21. The normalized spacial score (nSPS) is 13.2. The number of hydrogen-bond donors (Lipinski definition) is 3. The number of amides is 1. The molecule has 1 fully saturated rings. The number of hydrogen-bond acceptors (Lipinski definition) is 9. The fourth-order valence-corrected chi connectivity index (χ4v) is 5.37. The van der Waals surface area contributed by atoms with Crippen LogP contribution in [0.15, 0.2) is 67.6 Å². The number of ether oxygens (including phenoxy) is 3. The van der Waals surface area contributed by atoms with Crippen LogP contribution >= 0.6 is 23.2 Å². The van der Waals surface area contributed by atoms with Crippen LogP contribution in [0.25, 0.3) is 11.3 Å². The SMILES string of the molecule is C=CC(=O)Nc1cc(C2CCOCC2)ccc1Nc1cc(-c2cccnc2Nc2c(Cl)c(OC)cc(OC)c2Cl)ncn1. The number of rotatable bonds is 10. The molecule has 0 radical (unpaired) electrons. The molecule has 2 aromatic heterocycles. The Morgan fingerprint density at radius 2 is 1.72 bits per heavy atom. The fourth-order valence-electron chi connectivity index (χ4n) is 4.78. The van der Waals surface area contributed by atoms with Crippen molar-refractivity contribution in [2.45, 2.75) is 18.8 Å². The van der Waals surface area contributed by atoms with Gasteiger partial charge in [0.15, 0.2) is 0 Å². The predicted molar refractivity (Wildman–Crippen MR) is 169 cm³/mol. The van der Waals surface area contributed by atoms with Gasteiger partial charge in [0.25, 0.3) is 0 Å². The third-order valence-electron chi connectivity index (χ3n) is 7.01. The quantitative estimate of drug-likeness (QED) is 0.156. The predicted octanol–water partition coefficient (Wildman–Crippen LogP) is 7.37. The molecule has 5 rings (SSSR count). The summed E-state index contributed by atoms with van der Waals surface area (Å²) in [6.45, 7) is 5.02. The highest BCUT2D eigenvalue weighted by molar-refractivity contribution is 6.41. The third-order valence-corrected chi connectivity index (χ3v) is 7.76. The minimum Gasteiger partial charge on any atom is -0.495 e. The highest BCUT2D eigenvalue weighted by Crippen LogP contribution is 2.46. The van der Waals surface area contributed by atoms with E-state index in [4.69, 9.17) is 37.4 Å². The molecule has 0 spiro atoms. The van der Waals surface area contributed by atoms with Crippen molar-refractivity contribution in [1.29, 1.82) is 0 Å². The number of halogens is 2. The summed E-state index contributed by atoms with van der Waals surface area (Å²) in [6, 6.07) is 13.0. The van der Waals surface area contributed by atoms with Gasteiger partial charge in [-0.3, -0.25) is 4.79 Å². The molecule has 0 bridgehead atoms. The van der Waals surface area contributed by atoms with Crippen LogP contribution in [0, 0.1) is 0 Å². The van der Waals surface area contributed by atoms with E-state index < -0.39 is 0 Å². The number of carbonyl (C=O) groups is 1. The van der Waals surface area contributed by atoms with E-state index in [-0.39, 0.29) is 16.0 Å². The Morgan fingerprint density at radius 1 is 0.977 bits per heavy atom. The molecule has 0 saturated carbocycles. The zero-order valence-corrected chi connectivity index (χ0v) is 25.1. The highest BCUT2D eigenvalue weighted by atomic mass is 35.5. The van der Waals surface area contributed by atoms with Gasteiger partial charge in [-0.25, -0.2) is 15.0 Å². The number of pyridine rings is 1. The first-order valence-corrected chi connectivity index (χ1v) is 14.2. The number of aromatic nitrogens is 3. The molecular weight excluding hydrogens is 591 g/mol. The molecule has 10 nitrogen and oxygen atoms in total. The van der Waals surface area contributed by atoms with E-state index in [0.29, 0.717) is 57.4 Å². The number of benzene rings is 2. The number of nitrogens with one attached hydrogen (secondary N) is 3. The van der Waals surface area contributed by atoms with Crippen LogP contribution in [0.5, 0.6) is 11.5 Å². The van der Waals surface area contributed by atoms with E-state index in [9.17, 15) is 4.79 Å². The van der Waals surface area contributed by atoms with Crippen LogP contribution in [0.1, 0.15) is 24.3 Å². The summed E-state index contributed by atoms with van der Waals surface area (Å²) in [4.78, 5) is 25.7. The van der Waals surface area contributed by atoms with Crippen molar-refractivity contribution in [1.82, 2.24) is 15.0 Å². The summed E-state index contributed by atoms with van der Waals surface area (Å²) in [5, 5.41) is 9.99. The van der Waals surface area contributed by atoms with Crippen molar-refractivity contribution >= 4 is 57.8 Å². The molecule has 0 unspecified atom stereocenters. The monoisotopic (exact) mass is 620 g/mol. The summed E-state index contributed by atoms with van der Waals surface area (Å²) in [7, 11) is 3.01. The first-order valence-electron chi connectivity index (χ1n) is 13.5. The van der Waals surface area contributed by atoms with Crippen LogP contribution in [0.2, 0.25) is 10.0 Å². The molecule has 0 aliphatic carbocycles. The summed E-state index contributed by atoms with van der Waals surface area (Å²) >= 11 is 13.2. The van der Waals surface area contributed by atoms with Crippen LogP contribution in [0.4, 0.5) is 28.7 Å². The number of anilines is 5. The molecule has 2 aromatic carbocycles. The van der Waals surface area contributed by atoms with Crippen molar-refractivity contribution in [3.8, 4) is 22.8 Å². The van der Waals surface area contributed by atoms with Gasteiger partial charge in [0, 0.05) is 37.1 Å². The molecule has 12 heteroatoms. The van der Waals surface area contributed by atoms with Crippen molar-refractivity contribution in [3.63, 3.8) is 0 Å². The van der Waals surface area contributed by atoms with Gasteiger partial charge >= 0.3 is 0 Å². The minimum absolute atomic E-state index is 0.272. The molecule has 1 amide bonds. The lowest BCUT2D eigenvalue weighted by Gasteiger charge is -2.23. The molecule has 1 saturated heterocycles. The van der Waals surface area contributed by atoms with Crippen LogP contribution < -0.4 is 25.4 Å². The van der Waals surface area contributed by atoms with E-state index in [1.165, 1.54) is 26.6 Å². The zero-order valence-electron chi connectivity index (χ0n) is 23.6. The lowest BCUT2D eigenvalue weighted by molar-refractivity contribution is -0.111. The Hall–Kier alpha value is -4.38. The maximum Gasteiger partial charge on any atom is 0.247 e. The van der Waals surface area contributed by atoms with Gasteiger partial charge in [-0.15, -0.1) is 0 Å². The van der Waals surface area contributed by atoms with Crippen molar-refractivity contribution in [2.75, 3.05) is 43.4 Å². The van der Waals surface area contributed by atoms with Gasteiger partial charge in [0.1, 0.15) is 39.5 Å². The molecule has 3 heterocycles. The minimum atomic E-state index is -0.312. The van der Waals surface area contributed by atoms with Gasteiger partial charge in [0.2, 0.25) is 5.91 Å². The molecular formula is C31H30Cl2N6O4. The summed E-state index contributed by atoms with van der Waals surface area (Å²) < 4.78 is 16.3. The Labute approximate surface area is 259 Å². The largest absolute Gasteiger partial charge is 0.495 e. The molecule has 3 N–H and O–H groups in total. The lowest BCUT2D eigenvalue weighted by Crippen LogP contribution is -2.15. The van der Waals surface area contributed by atoms with Gasteiger partial charge < -0.3 is 30.2 Å². The van der Waals surface area contributed by atoms with Crippen molar-refractivity contribution < 1.29 is 19.0 Å². The second-order valence-corrected chi connectivity index (χ2v) is 10.4. The van der Waals surface area contributed by atoms with Gasteiger partial charge in [0.05, 0.1) is 37.0 Å². The Bertz CT molecular complexity index is 1620. The summed E-state index contributed by atoms with van der Waals surface area (Å²) in [5.74, 6) is 1.78. The first kappa shape index (κ1) is 30.1. The van der Waals surface area contributed by atoms with E-state index in [1.807, 2.05) is 18.2 Å². The van der Waals surface area contributed by atoms with Gasteiger partial charge in [-0.05, 0) is 54.7 Å². The summed E-state index contributed by atoms with van der Waals surface area (Å²) in [6.07, 6.45) is 6.18. The third kappa shape index (κ3) is 6.83. The second kappa shape index (κ2) is 13.7. The van der Waals surface area contributed by atoms with E-state index in [0.717, 1.165) is 31.6 Å². The molecule has 1 aliphatic heterocycles. The van der Waals surface area contributed by atoms with Crippen molar-refractivity contribution in [2.24, 2.45) is 0 Å². The van der Waals surface area contributed by atoms with Crippen LogP contribution in [-0.4, -0.2) is 48.3 Å². The second-order valence-electron chi connectivity index (χ2n) is 9.61. The zero-order chi connectivity index (χ0) is 30.3. The van der Waals surface area contributed by atoms with E-state index in [2.05, 4.69) is 43.5 Å². The maximum absolute atomic E-state index is 12.3. The topological polar surface area (TPSA) is 120 Å². The molecule has 1 aliphatic rings. The Kier molecular flexibility index (Phi) is 9.61. The lowest BCUT2D eigenvalue weighted by atomic mass is 9.91. The maximum atomic E-state index is 12.3. The first-order chi connectivity index (χ1) is 20.9. The number of nitrogens with zero attached hydrogens (tertiary/aromatic N) is 3. The number of methoxy groups -OCH3 is 2. The van der Waals surface area contributed by atoms with E-state index in [1.54, 1.807) is 24.4 Å². The van der Waals surface area contributed by atoms with E-state index >= 15 is 0 Å². The Balaban J connectivity index is 1.46. The number of carbonyl (C=O) groups excluding carboxylic acids is 1. The fraction of sp³-hybridized carbons (Fsp3) is 0.226. The molecule has 0 atom stereocenters. The smallest absolute Gasteiger partial charge is 0.247 e.